The lowest BCUT2D eigenvalue weighted by atomic mass is 10.0. The number of aryl methyl sites for hydroxylation is 1. The number of aromatic nitrogens is 1. The summed E-state index contributed by atoms with van der Waals surface area (Å²) in [6.07, 6.45) is 0. The fourth-order valence-electron chi connectivity index (χ4n) is 3.71. The Kier molecular flexibility index (Phi) is 6.22. The van der Waals surface area contributed by atoms with Crippen molar-refractivity contribution in [3.8, 4) is 17.0 Å². The van der Waals surface area contributed by atoms with E-state index in [9.17, 15) is 4.79 Å². The van der Waals surface area contributed by atoms with Crippen molar-refractivity contribution in [2.45, 2.75) is 33.6 Å². The first kappa shape index (κ1) is 21.6. The maximum Gasteiger partial charge on any atom is 0.256 e. The minimum Gasteiger partial charge on any atom is -0.494 e. The predicted molar refractivity (Wildman–Crippen MR) is 132 cm³/mol. The zero-order valence-electron chi connectivity index (χ0n) is 19.0. The van der Waals surface area contributed by atoms with E-state index < -0.39 is 0 Å². The Labute approximate surface area is 189 Å². The molecular formula is C28H28N2O2. The van der Waals surface area contributed by atoms with Crippen molar-refractivity contribution in [2.24, 2.45) is 0 Å². The first-order valence-corrected chi connectivity index (χ1v) is 11.0. The molecule has 0 aliphatic rings. The average Bonchev–Trinajstić information content (AvgIpc) is 2.79. The van der Waals surface area contributed by atoms with E-state index >= 15 is 0 Å². The average molecular weight is 425 g/mol. The molecule has 0 saturated carbocycles. The molecule has 4 rings (SSSR count). The normalized spacial score (nSPS) is 11.0. The standard InChI is InChI=1S/C28H28N2O2/c1-5-32-23-13-9-21(10-14-23)27-17-25(24-16-19(4)6-15-26(24)30-27)28(31)29-22-11-7-20(8-12-22)18(2)3/h6-18H,5H2,1-4H3,(H,29,31). The molecule has 4 nitrogen and oxygen atoms in total. The van der Waals surface area contributed by atoms with E-state index in [-0.39, 0.29) is 5.91 Å². The second kappa shape index (κ2) is 9.23. The molecule has 0 bridgehead atoms. The quantitative estimate of drug-likeness (QED) is 0.363. The lowest BCUT2D eigenvalue weighted by Crippen LogP contribution is -2.13. The van der Waals surface area contributed by atoms with Crippen LogP contribution in [0.15, 0.2) is 72.8 Å². The van der Waals surface area contributed by atoms with E-state index in [0.29, 0.717) is 18.1 Å². The molecule has 0 unspecified atom stereocenters. The van der Waals surface area contributed by atoms with Gasteiger partial charge in [0.05, 0.1) is 23.4 Å². The number of ether oxygens (including phenoxy) is 1. The summed E-state index contributed by atoms with van der Waals surface area (Å²) in [5.41, 5.74) is 6.20. The number of amides is 1. The maximum atomic E-state index is 13.3. The van der Waals surface area contributed by atoms with Crippen LogP contribution in [0.5, 0.6) is 5.75 Å². The zero-order valence-corrected chi connectivity index (χ0v) is 19.0. The van der Waals surface area contributed by atoms with Gasteiger partial charge in [0.25, 0.3) is 5.91 Å². The van der Waals surface area contributed by atoms with E-state index in [0.717, 1.165) is 39.2 Å². The molecule has 1 amide bonds. The highest BCUT2D eigenvalue weighted by atomic mass is 16.5. The molecule has 0 radical (unpaired) electrons. The monoisotopic (exact) mass is 424 g/mol. The van der Waals surface area contributed by atoms with Crippen molar-refractivity contribution in [1.82, 2.24) is 4.98 Å². The summed E-state index contributed by atoms with van der Waals surface area (Å²) < 4.78 is 5.55. The molecule has 1 heterocycles. The number of pyridine rings is 1. The van der Waals surface area contributed by atoms with Crippen LogP contribution in [0.3, 0.4) is 0 Å². The number of carbonyl (C=O) groups excluding carboxylic acids is 1. The number of nitrogens with zero attached hydrogens (tertiary/aromatic N) is 1. The second-order valence-electron chi connectivity index (χ2n) is 8.26. The second-order valence-corrected chi connectivity index (χ2v) is 8.26. The summed E-state index contributed by atoms with van der Waals surface area (Å²) in [6, 6.07) is 23.7. The molecule has 0 atom stereocenters. The Balaban J connectivity index is 1.73. The Morgan fingerprint density at radius 3 is 2.34 bits per heavy atom. The minimum absolute atomic E-state index is 0.146. The molecule has 1 N–H and O–H groups in total. The Hall–Kier alpha value is -3.66. The van der Waals surface area contributed by atoms with Gasteiger partial charge in [-0.1, -0.05) is 37.6 Å². The molecule has 0 aliphatic carbocycles. The van der Waals surface area contributed by atoms with Crippen LogP contribution in [0.4, 0.5) is 5.69 Å². The van der Waals surface area contributed by atoms with Crippen molar-refractivity contribution in [1.29, 1.82) is 0 Å². The molecule has 162 valence electrons. The van der Waals surface area contributed by atoms with Gasteiger partial charge in [-0.25, -0.2) is 4.98 Å². The number of carbonyl (C=O) groups is 1. The fraction of sp³-hybridized carbons (Fsp3) is 0.214. The molecule has 4 aromatic rings. The molecule has 32 heavy (non-hydrogen) atoms. The molecular weight excluding hydrogens is 396 g/mol. The summed E-state index contributed by atoms with van der Waals surface area (Å²) in [5.74, 6) is 1.12. The van der Waals surface area contributed by atoms with E-state index in [1.807, 2.05) is 74.5 Å². The number of hydrogen-bond donors (Lipinski definition) is 1. The predicted octanol–water partition coefficient (Wildman–Crippen LogP) is 6.98. The third-order valence-corrected chi connectivity index (χ3v) is 5.51. The van der Waals surface area contributed by atoms with Crippen LogP contribution >= 0.6 is 0 Å². The van der Waals surface area contributed by atoms with Crippen molar-refractivity contribution >= 4 is 22.5 Å². The van der Waals surface area contributed by atoms with Gasteiger partial charge < -0.3 is 10.1 Å². The van der Waals surface area contributed by atoms with Gasteiger partial charge in [0, 0.05) is 16.6 Å². The Bertz CT molecular complexity index is 1240. The molecule has 0 spiro atoms. The van der Waals surface area contributed by atoms with Crippen LogP contribution < -0.4 is 10.1 Å². The molecule has 4 heteroatoms. The van der Waals surface area contributed by atoms with Crippen LogP contribution in [0, 0.1) is 6.92 Å². The minimum atomic E-state index is -0.146. The summed E-state index contributed by atoms with van der Waals surface area (Å²) in [5, 5.41) is 3.90. The van der Waals surface area contributed by atoms with Crippen molar-refractivity contribution in [3.63, 3.8) is 0 Å². The van der Waals surface area contributed by atoms with E-state index in [1.165, 1.54) is 5.56 Å². The first-order chi connectivity index (χ1) is 15.4. The first-order valence-electron chi connectivity index (χ1n) is 11.0. The molecule has 3 aromatic carbocycles. The van der Waals surface area contributed by atoms with Gasteiger partial charge in [-0.3, -0.25) is 4.79 Å². The summed E-state index contributed by atoms with van der Waals surface area (Å²) in [4.78, 5) is 18.1. The zero-order chi connectivity index (χ0) is 22.7. The molecule has 0 saturated heterocycles. The van der Waals surface area contributed by atoms with Crippen LogP contribution in [0.25, 0.3) is 22.2 Å². The highest BCUT2D eigenvalue weighted by molar-refractivity contribution is 6.13. The largest absolute Gasteiger partial charge is 0.494 e. The van der Waals surface area contributed by atoms with Crippen LogP contribution in [-0.2, 0) is 0 Å². The third-order valence-electron chi connectivity index (χ3n) is 5.51. The topological polar surface area (TPSA) is 51.2 Å². The number of nitrogens with one attached hydrogen (secondary N) is 1. The van der Waals surface area contributed by atoms with Crippen molar-refractivity contribution < 1.29 is 9.53 Å². The van der Waals surface area contributed by atoms with Crippen molar-refractivity contribution in [3.05, 3.63) is 89.5 Å². The van der Waals surface area contributed by atoms with Crippen molar-refractivity contribution in [2.75, 3.05) is 11.9 Å². The molecule has 0 aliphatic heterocycles. The van der Waals surface area contributed by atoms with E-state index in [2.05, 4.69) is 31.3 Å². The summed E-state index contributed by atoms with van der Waals surface area (Å²) in [6.45, 7) is 8.91. The number of fused-ring (bicyclic) bond motifs is 1. The van der Waals surface area contributed by atoms with Crippen LogP contribution in [0.1, 0.15) is 48.2 Å². The summed E-state index contributed by atoms with van der Waals surface area (Å²) >= 11 is 0. The third kappa shape index (κ3) is 4.65. The smallest absolute Gasteiger partial charge is 0.256 e. The molecule has 1 aromatic heterocycles. The number of benzene rings is 3. The van der Waals surface area contributed by atoms with E-state index in [1.54, 1.807) is 0 Å². The fourth-order valence-corrected chi connectivity index (χ4v) is 3.71. The van der Waals surface area contributed by atoms with Crippen LogP contribution in [0.2, 0.25) is 0 Å². The van der Waals surface area contributed by atoms with Crippen LogP contribution in [-0.4, -0.2) is 17.5 Å². The highest BCUT2D eigenvalue weighted by Crippen LogP contribution is 2.28. The maximum absolute atomic E-state index is 13.3. The van der Waals surface area contributed by atoms with Gasteiger partial charge in [0.15, 0.2) is 0 Å². The Morgan fingerprint density at radius 1 is 0.969 bits per heavy atom. The summed E-state index contributed by atoms with van der Waals surface area (Å²) in [7, 11) is 0. The van der Waals surface area contributed by atoms with Gasteiger partial charge in [0.2, 0.25) is 0 Å². The van der Waals surface area contributed by atoms with Gasteiger partial charge >= 0.3 is 0 Å². The van der Waals surface area contributed by atoms with E-state index in [4.69, 9.17) is 9.72 Å². The molecule has 0 fully saturated rings. The number of rotatable bonds is 6. The number of hydrogen-bond acceptors (Lipinski definition) is 3. The SMILES string of the molecule is CCOc1ccc(-c2cc(C(=O)Nc3ccc(C(C)C)cc3)c3cc(C)ccc3n2)cc1. The van der Waals surface area contributed by atoms with Gasteiger partial charge in [-0.15, -0.1) is 0 Å². The Morgan fingerprint density at radius 2 is 1.69 bits per heavy atom. The van der Waals surface area contributed by atoms with Gasteiger partial charge in [0.1, 0.15) is 5.75 Å². The van der Waals surface area contributed by atoms with Gasteiger partial charge in [-0.05, 0) is 79.9 Å². The van der Waals surface area contributed by atoms with Gasteiger partial charge in [-0.2, -0.15) is 0 Å². The number of anilines is 1. The lowest BCUT2D eigenvalue weighted by molar-refractivity contribution is 0.102. The lowest BCUT2D eigenvalue weighted by Gasteiger charge is -2.12. The highest BCUT2D eigenvalue weighted by Gasteiger charge is 2.15.